The molecule has 0 radical (unpaired) electrons. The van der Waals surface area contributed by atoms with Crippen molar-refractivity contribution in [2.45, 2.75) is 18.9 Å². The second-order valence-electron chi connectivity index (χ2n) is 3.89. The minimum Gasteiger partial charge on any atom is -0.392 e. The van der Waals surface area contributed by atoms with Crippen molar-refractivity contribution in [2.75, 3.05) is 17.3 Å². The fourth-order valence-corrected chi connectivity index (χ4v) is 3.94. The Morgan fingerprint density at radius 1 is 1.33 bits per heavy atom. The van der Waals surface area contributed by atoms with Crippen LogP contribution in [0.5, 0.6) is 0 Å². The third-order valence-corrected chi connectivity index (χ3v) is 5.07. The molecule has 90 valence electrons. The van der Waals surface area contributed by atoms with Gasteiger partial charge >= 0.3 is 0 Å². The molecule has 3 N–H and O–H groups in total. The Balaban J connectivity index is 2.54. The highest BCUT2D eigenvalue weighted by molar-refractivity contribution is 7.91. The van der Waals surface area contributed by atoms with Gasteiger partial charge in [-0.15, -0.1) is 0 Å². The molecular weight excluding hydrogens is 242 g/mol. The molecule has 1 aliphatic rings. The summed E-state index contributed by atoms with van der Waals surface area (Å²) in [5, 5.41) is 14.3. The number of aliphatic hydroxyl groups is 1. The van der Waals surface area contributed by atoms with Crippen molar-refractivity contribution in [1.29, 1.82) is 0 Å². The lowest BCUT2D eigenvalue weighted by molar-refractivity contribution is 0.122. The zero-order valence-electron chi connectivity index (χ0n) is 8.16. The van der Waals surface area contributed by atoms with Crippen molar-refractivity contribution in [1.82, 2.24) is 0 Å². The summed E-state index contributed by atoms with van der Waals surface area (Å²) in [6.45, 7) is 0. The number of sulfone groups is 1. The van der Waals surface area contributed by atoms with Crippen molar-refractivity contribution in [3.63, 3.8) is 0 Å². The molecule has 0 aromatic carbocycles. The first kappa shape index (κ1) is 12.9. The summed E-state index contributed by atoms with van der Waals surface area (Å²) in [6, 6.07) is 0. The maximum atomic E-state index is 11.1. The zero-order valence-corrected chi connectivity index (χ0v) is 9.80. The van der Waals surface area contributed by atoms with Crippen molar-refractivity contribution in [3.05, 3.63) is 0 Å². The number of primary sulfonamides is 1. The van der Waals surface area contributed by atoms with Gasteiger partial charge in [-0.2, -0.15) is 0 Å². The lowest BCUT2D eigenvalue weighted by Crippen LogP contribution is -2.36. The lowest BCUT2D eigenvalue weighted by Gasteiger charge is -2.25. The average molecular weight is 257 g/mol. The highest BCUT2D eigenvalue weighted by Crippen LogP contribution is 2.22. The summed E-state index contributed by atoms with van der Waals surface area (Å²) in [5.41, 5.74) is 0. The van der Waals surface area contributed by atoms with E-state index in [2.05, 4.69) is 0 Å². The summed E-state index contributed by atoms with van der Waals surface area (Å²) in [5.74, 6) is -0.761. The third-order valence-electron chi connectivity index (χ3n) is 2.55. The predicted octanol–water partition coefficient (Wildman–Crippen LogP) is -1.54. The molecule has 0 bridgehead atoms. The van der Waals surface area contributed by atoms with Crippen LogP contribution in [0.1, 0.15) is 12.8 Å². The minimum atomic E-state index is -3.70. The Labute approximate surface area is 89.4 Å². The van der Waals surface area contributed by atoms with E-state index in [-0.39, 0.29) is 17.4 Å². The van der Waals surface area contributed by atoms with Crippen LogP contribution < -0.4 is 5.14 Å². The Hall–Kier alpha value is -0.180. The molecule has 15 heavy (non-hydrogen) atoms. The Kier molecular flexibility index (Phi) is 3.75. The minimum absolute atomic E-state index is 0.0132. The fraction of sp³-hybridized carbons (Fsp3) is 1.00. The maximum absolute atomic E-state index is 11.1. The SMILES string of the molecule is NS(=O)(=O)CC(O)C1CCS(=O)(=O)CC1. The summed E-state index contributed by atoms with van der Waals surface area (Å²) in [4.78, 5) is 0. The number of hydrogen-bond donors (Lipinski definition) is 2. The van der Waals surface area contributed by atoms with E-state index < -0.39 is 31.7 Å². The molecule has 8 heteroatoms. The van der Waals surface area contributed by atoms with E-state index in [9.17, 15) is 21.9 Å². The molecular formula is C7H15NO5S2. The number of nitrogens with two attached hydrogens (primary N) is 1. The smallest absolute Gasteiger partial charge is 0.211 e. The molecule has 0 saturated carbocycles. The van der Waals surface area contributed by atoms with Gasteiger partial charge in [0, 0.05) is 0 Å². The van der Waals surface area contributed by atoms with Gasteiger partial charge < -0.3 is 5.11 Å². The Morgan fingerprint density at radius 2 is 1.80 bits per heavy atom. The summed E-state index contributed by atoms with van der Waals surface area (Å²) in [6.07, 6.45) is -0.451. The highest BCUT2D eigenvalue weighted by Gasteiger charge is 2.30. The van der Waals surface area contributed by atoms with Crippen LogP contribution in [0, 0.1) is 5.92 Å². The van der Waals surface area contributed by atoms with Crippen LogP contribution in [-0.2, 0) is 19.9 Å². The van der Waals surface area contributed by atoms with E-state index in [0.717, 1.165) is 0 Å². The van der Waals surface area contributed by atoms with Crippen LogP contribution in [0.15, 0.2) is 0 Å². The highest BCUT2D eigenvalue weighted by atomic mass is 32.2. The molecule has 1 heterocycles. The van der Waals surface area contributed by atoms with Gasteiger partial charge in [-0.1, -0.05) is 0 Å². The number of aliphatic hydroxyl groups excluding tert-OH is 1. The first-order valence-electron chi connectivity index (χ1n) is 4.58. The van der Waals surface area contributed by atoms with Gasteiger partial charge in [0.1, 0.15) is 9.84 Å². The second kappa shape index (κ2) is 4.36. The first-order valence-corrected chi connectivity index (χ1v) is 8.12. The molecule has 1 unspecified atom stereocenters. The molecule has 0 spiro atoms. The predicted molar refractivity (Wildman–Crippen MR) is 55.4 cm³/mol. The van der Waals surface area contributed by atoms with Gasteiger partial charge in [-0.25, -0.2) is 22.0 Å². The van der Waals surface area contributed by atoms with E-state index in [4.69, 9.17) is 5.14 Å². The lowest BCUT2D eigenvalue weighted by atomic mass is 9.97. The van der Waals surface area contributed by atoms with Gasteiger partial charge in [0.2, 0.25) is 10.0 Å². The number of hydrogen-bond acceptors (Lipinski definition) is 5. The maximum Gasteiger partial charge on any atom is 0.211 e. The van der Waals surface area contributed by atoms with Crippen LogP contribution in [-0.4, -0.2) is 45.3 Å². The normalized spacial score (nSPS) is 24.9. The molecule has 1 fully saturated rings. The average Bonchev–Trinajstić information content (AvgIpc) is 2.00. The van der Waals surface area contributed by atoms with Crippen molar-refractivity contribution in [2.24, 2.45) is 11.1 Å². The van der Waals surface area contributed by atoms with Gasteiger partial charge in [-0.3, -0.25) is 0 Å². The van der Waals surface area contributed by atoms with Crippen LogP contribution in [0.4, 0.5) is 0 Å². The monoisotopic (exact) mass is 257 g/mol. The van der Waals surface area contributed by atoms with Crippen molar-refractivity contribution in [3.8, 4) is 0 Å². The van der Waals surface area contributed by atoms with E-state index in [1.165, 1.54) is 0 Å². The van der Waals surface area contributed by atoms with E-state index >= 15 is 0 Å². The standard InChI is InChI=1S/C7H15NO5S2/c8-15(12,13)5-7(9)6-1-3-14(10,11)4-2-6/h6-7,9H,1-5H2,(H2,8,12,13). The van der Waals surface area contributed by atoms with Gasteiger partial charge in [0.05, 0.1) is 23.4 Å². The zero-order chi connectivity index (χ0) is 11.7. The molecule has 0 aromatic heterocycles. The Morgan fingerprint density at radius 3 is 2.20 bits per heavy atom. The molecule has 1 aliphatic heterocycles. The summed E-state index contributed by atoms with van der Waals surface area (Å²) in [7, 11) is -6.69. The quantitative estimate of drug-likeness (QED) is 0.636. The molecule has 1 saturated heterocycles. The molecule has 1 atom stereocenters. The first-order chi connectivity index (χ1) is 6.70. The molecule has 0 amide bonds. The van der Waals surface area contributed by atoms with Crippen LogP contribution in [0.3, 0.4) is 0 Å². The number of rotatable bonds is 3. The fourth-order valence-electron chi connectivity index (χ4n) is 1.67. The summed E-state index contributed by atoms with van der Waals surface area (Å²) >= 11 is 0. The summed E-state index contributed by atoms with van der Waals surface area (Å²) < 4.78 is 43.6. The van der Waals surface area contributed by atoms with Crippen molar-refractivity contribution < 1.29 is 21.9 Å². The van der Waals surface area contributed by atoms with E-state index in [1.807, 2.05) is 0 Å². The van der Waals surface area contributed by atoms with Crippen LogP contribution >= 0.6 is 0 Å². The van der Waals surface area contributed by atoms with Gasteiger partial charge in [-0.05, 0) is 18.8 Å². The largest absolute Gasteiger partial charge is 0.392 e. The molecule has 0 aliphatic carbocycles. The van der Waals surface area contributed by atoms with E-state index in [1.54, 1.807) is 0 Å². The molecule has 6 nitrogen and oxygen atoms in total. The Bertz CT molecular complexity index is 399. The molecule has 0 aromatic rings. The van der Waals surface area contributed by atoms with Crippen LogP contribution in [0.2, 0.25) is 0 Å². The van der Waals surface area contributed by atoms with Gasteiger partial charge in [0.15, 0.2) is 0 Å². The molecule has 1 rings (SSSR count). The number of sulfonamides is 1. The van der Waals surface area contributed by atoms with Crippen molar-refractivity contribution >= 4 is 19.9 Å². The third kappa shape index (κ3) is 4.45. The topological polar surface area (TPSA) is 115 Å². The van der Waals surface area contributed by atoms with E-state index in [0.29, 0.717) is 12.8 Å². The van der Waals surface area contributed by atoms with Crippen LogP contribution in [0.25, 0.3) is 0 Å². The van der Waals surface area contributed by atoms with Gasteiger partial charge in [0.25, 0.3) is 0 Å². The second-order valence-corrected chi connectivity index (χ2v) is 7.85.